The summed E-state index contributed by atoms with van der Waals surface area (Å²) in [5.41, 5.74) is 7.23. The number of anilines is 2. The van der Waals surface area contributed by atoms with E-state index in [-0.39, 0.29) is 0 Å². The fourth-order valence-electron chi connectivity index (χ4n) is 1.20. The molecule has 0 aliphatic heterocycles. The first-order chi connectivity index (χ1) is 7.75. The Morgan fingerprint density at radius 3 is 3.00 bits per heavy atom. The predicted molar refractivity (Wildman–Crippen MR) is 65.7 cm³/mol. The summed E-state index contributed by atoms with van der Waals surface area (Å²) in [7, 11) is 0. The van der Waals surface area contributed by atoms with Crippen molar-refractivity contribution in [3.8, 4) is 0 Å². The van der Waals surface area contributed by atoms with Gasteiger partial charge in [0.15, 0.2) is 0 Å². The van der Waals surface area contributed by atoms with Crippen molar-refractivity contribution in [2.45, 2.75) is 6.54 Å². The molecule has 2 aromatic heterocycles. The molecule has 0 atom stereocenters. The van der Waals surface area contributed by atoms with Gasteiger partial charge in [-0.05, 0) is 34.1 Å². The number of hydrogen-bond donors (Lipinski definition) is 2. The van der Waals surface area contributed by atoms with Gasteiger partial charge in [0.05, 0.1) is 17.9 Å². The van der Waals surface area contributed by atoms with Crippen LogP contribution >= 0.6 is 15.9 Å². The zero-order valence-electron chi connectivity index (χ0n) is 8.39. The van der Waals surface area contributed by atoms with E-state index in [9.17, 15) is 0 Å². The molecule has 2 rings (SSSR count). The van der Waals surface area contributed by atoms with Crippen LogP contribution in [0.15, 0.2) is 35.1 Å². The number of nitrogen functional groups attached to an aromatic ring is 1. The molecule has 0 amide bonds. The lowest BCUT2D eigenvalue weighted by atomic mass is 10.3. The minimum Gasteiger partial charge on any atom is -0.396 e. The maximum Gasteiger partial charge on any atom is 0.149 e. The summed E-state index contributed by atoms with van der Waals surface area (Å²) in [4.78, 5) is 4.16. The van der Waals surface area contributed by atoms with E-state index in [0.717, 1.165) is 10.2 Å². The van der Waals surface area contributed by atoms with Crippen molar-refractivity contribution >= 4 is 27.4 Å². The summed E-state index contributed by atoms with van der Waals surface area (Å²) in [6.07, 6.45) is 3.32. The van der Waals surface area contributed by atoms with Gasteiger partial charge in [0, 0.05) is 16.9 Å². The summed E-state index contributed by atoms with van der Waals surface area (Å²) in [6.45, 7) is 0.548. The molecule has 0 saturated carbocycles. The Kier molecular flexibility index (Phi) is 3.31. The minimum absolute atomic E-state index is 0.548. The summed E-state index contributed by atoms with van der Waals surface area (Å²) < 4.78 is 0.857. The Hall–Kier alpha value is -1.69. The number of nitrogens with zero attached hydrogens (tertiary/aromatic N) is 3. The van der Waals surface area contributed by atoms with Gasteiger partial charge in [0.1, 0.15) is 5.82 Å². The van der Waals surface area contributed by atoms with E-state index < -0.39 is 0 Å². The average Bonchev–Trinajstić information content (AvgIpc) is 2.29. The standard InChI is InChI=1S/C10H10BrN5/c11-7-4-9(12)10(13-5-7)14-6-8-2-1-3-15-16-8/h1-5H,6,12H2,(H,13,14). The Morgan fingerprint density at radius 2 is 2.31 bits per heavy atom. The number of hydrogen-bond acceptors (Lipinski definition) is 5. The average molecular weight is 280 g/mol. The van der Waals surface area contributed by atoms with E-state index in [2.05, 4.69) is 36.4 Å². The van der Waals surface area contributed by atoms with E-state index in [1.165, 1.54) is 0 Å². The van der Waals surface area contributed by atoms with E-state index in [4.69, 9.17) is 5.73 Å². The third kappa shape index (κ3) is 2.66. The lowest BCUT2D eigenvalue weighted by molar-refractivity contribution is 0.921. The van der Waals surface area contributed by atoms with Crippen molar-refractivity contribution in [3.05, 3.63) is 40.8 Å². The number of pyridine rings is 1. The molecule has 0 saturated heterocycles. The molecular weight excluding hydrogens is 270 g/mol. The number of halogens is 1. The quantitative estimate of drug-likeness (QED) is 0.897. The van der Waals surface area contributed by atoms with Gasteiger partial charge in [0.25, 0.3) is 0 Å². The van der Waals surface area contributed by atoms with Crippen LogP contribution in [-0.4, -0.2) is 15.2 Å². The fourth-order valence-corrected chi connectivity index (χ4v) is 1.55. The summed E-state index contributed by atoms with van der Waals surface area (Å²) in [5.74, 6) is 0.647. The van der Waals surface area contributed by atoms with Crippen LogP contribution in [0.5, 0.6) is 0 Å². The molecule has 5 nitrogen and oxygen atoms in total. The molecule has 0 aliphatic carbocycles. The van der Waals surface area contributed by atoms with Crippen LogP contribution in [0.3, 0.4) is 0 Å². The molecule has 0 unspecified atom stereocenters. The molecule has 0 radical (unpaired) electrons. The second kappa shape index (κ2) is 4.89. The molecule has 0 bridgehead atoms. The van der Waals surface area contributed by atoms with E-state index in [1.54, 1.807) is 18.5 Å². The maximum absolute atomic E-state index is 5.79. The van der Waals surface area contributed by atoms with Gasteiger partial charge < -0.3 is 11.1 Å². The van der Waals surface area contributed by atoms with Crippen molar-refractivity contribution in [2.75, 3.05) is 11.1 Å². The topological polar surface area (TPSA) is 76.7 Å². The van der Waals surface area contributed by atoms with Crippen LogP contribution in [0.1, 0.15) is 5.69 Å². The SMILES string of the molecule is Nc1cc(Br)cnc1NCc1cccnn1. The number of rotatable bonds is 3. The van der Waals surface area contributed by atoms with Crippen LogP contribution < -0.4 is 11.1 Å². The number of nitrogens with one attached hydrogen (secondary N) is 1. The second-order valence-electron chi connectivity index (χ2n) is 3.16. The Labute approximate surface area is 101 Å². The summed E-state index contributed by atoms with van der Waals surface area (Å²) in [5, 5.41) is 10.8. The van der Waals surface area contributed by atoms with E-state index in [1.807, 2.05) is 12.1 Å². The molecule has 6 heteroatoms. The first-order valence-corrected chi connectivity index (χ1v) is 5.46. The van der Waals surface area contributed by atoms with Crippen LogP contribution in [0.2, 0.25) is 0 Å². The zero-order valence-corrected chi connectivity index (χ0v) is 9.98. The third-order valence-corrected chi connectivity index (χ3v) is 2.38. The van der Waals surface area contributed by atoms with Crippen LogP contribution in [0.4, 0.5) is 11.5 Å². The number of nitrogens with two attached hydrogens (primary N) is 1. The van der Waals surface area contributed by atoms with Crippen molar-refractivity contribution in [1.82, 2.24) is 15.2 Å². The molecule has 0 spiro atoms. The highest BCUT2D eigenvalue weighted by Crippen LogP contribution is 2.19. The van der Waals surface area contributed by atoms with Gasteiger partial charge in [-0.25, -0.2) is 4.98 Å². The smallest absolute Gasteiger partial charge is 0.149 e. The first kappa shape index (κ1) is 10.8. The summed E-state index contributed by atoms with van der Waals surface area (Å²) >= 11 is 3.30. The fraction of sp³-hybridized carbons (Fsp3) is 0.100. The van der Waals surface area contributed by atoms with E-state index >= 15 is 0 Å². The Balaban J connectivity index is 2.05. The highest BCUT2D eigenvalue weighted by molar-refractivity contribution is 9.10. The third-order valence-electron chi connectivity index (χ3n) is 1.95. The van der Waals surface area contributed by atoms with Crippen LogP contribution in [-0.2, 0) is 6.54 Å². The molecule has 0 aliphatic rings. The minimum atomic E-state index is 0.548. The van der Waals surface area contributed by atoms with Gasteiger partial charge in [-0.3, -0.25) is 0 Å². The zero-order chi connectivity index (χ0) is 11.4. The predicted octanol–water partition coefficient (Wildman–Crippen LogP) is 1.83. The van der Waals surface area contributed by atoms with Crippen molar-refractivity contribution in [1.29, 1.82) is 0 Å². The maximum atomic E-state index is 5.79. The van der Waals surface area contributed by atoms with Crippen LogP contribution in [0.25, 0.3) is 0 Å². The monoisotopic (exact) mass is 279 g/mol. The first-order valence-electron chi connectivity index (χ1n) is 4.67. The Bertz CT molecular complexity index is 474. The molecule has 0 aromatic carbocycles. The normalized spacial score (nSPS) is 10.1. The summed E-state index contributed by atoms with van der Waals surface area (Å²) in [6, 6.07) is 5.52. The molecule has 0 fully saturated rings. The Morgan fingerprint density at radius 1 is 1.44 bits per heavy atom. The number of aromatic nitrogens is 3. The largest absolute Gasteiger partial charge is 0.396 e. The molecule has 2 heterocycles. The van der Waals surface area contributed by atoms with Crippen molar-refractivity contribution in [3.63, 3.8) is 0 Å². The van der Waals surface area contributed by atoms with Crippen LogP contribution in [0, 0.1) is 0 Å². The second-order valence-corrected chi connectivity index (χ2v) is 4.08. The van der Waals surface area contributed by atoms with Gasteiger partial charge in [-0.1, -0.05) is 0 Å². The van der Waals surface area contributed by atoms with Crippen molar-refractivity contribution in [2.24, 2.45) is 0 Å². The van der Waals surface area contributed by atoms with Gasteiger partial charge in [-0.2, -0.15) is 10.2 Å². The molecule has 16 heavy (non-hydrogen) atoms. The molecule has 82 valence electrons. The highest BCUT2D eigenvalue weighted by atomic mass is 79.9. The van der Waals surface area contributed by atoms with Gasteiger partial charge in [-0.15, -0.1) is 0 Å². The lowest BCUT2D eigenvalue weighted by Crippen LogP contribution is -2.06. The van der Waals surface area contributed by atoms with Gasteiger partial charge >= 0.3 is 0 Å². The van der Waals surface area contributed by atoms with E-state index in [0.29, 0.717) is 18.1 Å². The van der Waals surface area contributed by atoms with Crippen molar-refractivity contribution < 1.29 is 0 Å². The van der Waals surface area contributed by atoms with Gasteiger partial charge in [0.2, 0.25) is 0 Å². The molecular formula is C10H10BrN5. The molecule has 3 N–H and O–H groups in total. The highest BCUT2D eigenvalue weighted by Gasteiger charge is 2.01. The molecule has 2 aromatic rings. The lowest BCUT2D eigenvalue weighted by Gasteiger charge is -2.07.